The van der Waals surface area contributed by atoms with Crippen molar-refractivity contribution in [3.05, 3.63) is 233 Å². The molecular formula is C66H55NO. The number of anilines is 3. The molecule has 1 aromatic heterocycles. The van der Waals surface area contributed by atoms with Crippen LogP contribution in [0.2, 0.25) is 0 Å². The number of hydrogen-bond acceptors (Lipinski definition) is 2. The third kappa shape index (κ3) is 5.58. The lowest BCUT2D eigenvalue weighted by Crippen LogP contribution is -2.27. The summed E-state index contributed by atoms with van der Waals surface area (Å²) in [5.41, 5.74) is 25.6. The highest BCUT2D eigenvalue weighted by Gasteiger charge is 2.52. The molecule has 68 heavy (non-hydrogen) atoms. The van der Waals surface area contributed by atoms with Crippen LogP contribution in [-0.2, 0) is 21.7 Å². The lowest BCUT2D eigenvalue weighted by Gasteiger charge is -2.34. The van der Waals surface area contributed by atoms with Crippen LogP contribution in [0.4, 0.5) is 17.1 Å². The molecule has 0 atom stereocenters. The van der Waals surface area contributed by atoms with Gasteiger partial charge in [0.2, 0.25) is 0 Å². The molecule has 3 aliphatic rings. The predicted molar refractivity (Wildman–Crippen MR) is 285 cm³/mol. The van der Waals surface area contributed by atoms with E-state index in [1.165, 1.54) is 89.0 Å². The van der Waals surface area contributed by atoms with Crippen LogP contribution in [0.15, 0.2) is 192 Å². The molecule has 0 unspecified atom stereocenters. The minimum atomic E-state index is -0.531. The third-order valence-electron chi connectivity index (χ3n) is 15.8. The highest BCUT2D eigenvalue weighted by molar-refractivity contribution is 6.13. The summed E-state index contributed by atoms with van der Waals surface area (Å²) in [6, 6.07) is 71.2. The molecule has 3 aliphatic carbocycles. The minimum Gasteiger partial charge on any atom is -0.456 e. The SMILES string of the molecule is CC(C)(C)c1ccc2c(c1)C1(c3ccccc3-c3ccc(N(c4ccc(-c5cccc6c5C(C)(C)c5ccccc5-6)cc4)c4cccc5oc6ccccc6c45)cc31)c1cc(C(C)(C)C)ccc1-2. The highest BCUT2D eigenvalue weighted by Crippen LogP contribution is 2.64. The van der Waals surface area contributed by atoms with Gasteiger partial charge in [-0.3, -0.25) is 0 Å². The first kappa shape index (κ1) is 40.8. The van der Waals surface area contributed by atoms with Crippen molar-refractivity contribution in [2.45, 2.75) is 77.0 Å². The third-order valence-corrected chi connectivity index (χ3v) is 15.8. The van der Waals surface area contributed by atoms with Crippen molar-refractivity contribution < 1.29 is 4.42 Å². The Morgan fingerprint density at radius 1 is 0.397 bits per heavy atom. The van der Waals surface area contributed by atoms with Gasteiger partial charge < -0.3 is 9.32 Å². The maximum absolute atomic E-state index is 6.60. The smallest absolute Gasteiger partial charge is 0.137 e. The topological polar surface area (TPSA) is 16.4 Å². The van der Waals surface area contributed by atoms with Crippen LogP contribution < -0.4 is 4.90 Å². The molecule has 0 saturated carbocycles. The molecule has 13 rings (SSSR count). The Labute approximate surface area is 400 Å². The molecule has 0 N–H and O–H groups in total. The molecule has 0 amide bonds. The van der Waals surface area contributed by atoms with Crippen molar-refractivity contribution in [1.29, 1.82) is 0 Å². The number of rotatable bonds is 4. The van der Waals surface area contributed by atoms with E-state index in [4.69, 9.17) is 4.42 Å². The standard InChI is InChI=1S/C66H55NO/c1-63(2,3)41-29-34-48-49-35-30-42(64(4,5)6)38-56(49)66(55(48)37-41)54-23-13-10-17-46(54)50-36-33-44(39-57(50)66)67(58-24-16-26-60-61(58)52-19-11-14-25-59(52)68-60)43-31-27-40(28-32-43)45-20-15-21-51-47-18-9-12-22-53(47)65(7,8)62(45)51/h9-39H,1-8H3. The quantitative estimate of drug-likeness (QED) is 0.175. The van der Waals surface area contributed by atoms with E-state index in [-0.39, 0.29) is 16.2 Å². The summed E-state index contributed by atoms with van der Waals surface area (Å²) in [4.78, 5) is 2.48. The first-order valence-corrected chi connectivity index (χ1v) is 24.3. The van der Waals surface area contributed by atoms with E-state index in [2.05, 4.69) is 248 Å². The summed E-state index contributed by atoms with van der Waals surface area (Å²) in [7, 11) is 0. The van der Waals surface area contributed by atoms with E-state index in [1.807, 2.05) is 0 Å². The summed E-state index contributed by atoms with van der Waals surface area (Å²) in [5, 5.41) is 2.21. The molecule has 1 heterocycles. The van der Waals surface area contributed by atoms with Crippen molar-refractivity contribution in [1.82, 2.24) is 0 Å². The zero-order valence-corrected chi connectivity index (χ0v) is 40.3. The fourth-order valence-corrected chi connectivity index (χ4v) is 12.5. The molecule has 2 heteroatoms. The number of fused-ring (bicyclic) bond motifs is 16. The molecule has 0 radical (unpaired) electrons. The van der Waals surface area contributed by atoms with E-state index < -0.39 is 5.41 Å². The maximum Gasteiger partial charge on any atom is 0.137 e. The summed E-state index contributed by atoms with van der Waals surface area (Å²) in [6.07, 6.45) is 0. The largest absolute Gasteiger partial charge is 0.456 e. The lowest BCUT2D eigenvalue weighted by molar-refractivity contribution is 0.586. The summed E-state index contributed by atoms with van der Waals surface area (Å²) in [6.45, 7) is 18.8. The van der Waals surface area contributed by atoms with Crippen molar-refractivity contribution in [2.75, 3.05) is 4.90 Å². The molecule has 0 fully saturated rings. The Bertz CT molecular complexity index is 3670. The Kier molecular flexibility index (Phi) is 8.44. The van der Waals surface area contributed by atoms with Gasteiger partial charge in [0.05, 0.1) is 16.5 Å². The maximum atomic E-state index is 6.60. The van der Waals surface area contributed by atoms with Gasteiger partial charge in [-0.25, -0.2) is 0 Å². The Morgan fingerprint density at radius 2 is 0.897 bits per heavy atom. The zero-order valence-electron chi connectivity index (χ0n) is 40.3. The Morgan fingerprint density at radius 3 is 1.57 bits per heavy atom. The second kappa shape index (κ2) is 14.1. The van der Waals surface area contributed by atoms with E-state index in [0.29, 0.717) is 0 Å². The van der Waals surface area contributed by atoms with Gasteiger partial charge in [-0.2, -0.15) is 0 Å². The van der Waals surface area contributed by atoms with Gasteiger partial charge in [0, 0.05) is 22.2 Å². The van der Waals surface area contributed by atoms with E-state index in [9.17, 15) is 0 Å². The van der Waals surface area contributed by atoms with Crippen molar-refractivity contribution in [3.63, 3.8) is 0 Å². The van der Waals surface area contributed by atoms with Gasteiger partial charge in [-0.15, -0.1) is 0 Å². The van der Waals surface area contributed by atoms with Crippen LogP contribution >= 0.6 is 0 Å². The monoisotopic (exact) mass is 877 g/mol. The molecule has 9 aromatic carbocycles. The van der Waals surface area contributed by atoms with Gasteiger partial charge >= 0.3 is 0 Å². The van der Waals surface area contributed by atoms with Crippen molar-refractivity contribution in [3.8, 4) is 44.5 Å². The molecule has 10 aromatic rings. The molecule has 1 spiro atoms. The van der Waals surface area contributed by atoms with Gasteiger partial charge in [-0.05, 0) is 142 Å². The van der Waals surface area contributed by atoms with Crippen LogP contribution in [0.5, 0.6) is 0 Å². The second-order valence-electron chi connectivity index (χ2n) is 22.1. The number of para-hydroxylation sites is 1. The van der Waals surface area contributed by atoms with Gasteiger partial charge in [0.15, 0.2) is 0 Å². The van der Waals surface area contributed by atoms with Gasteiger partial charge in [0.25, 0.3) is 0 Å². The molecule has 0 aliphatic heterocycles. The molecule has 0 saturated heterocycles. The van der Waals surface area contributed by atoms with E-state index in [1.54, 1.807) is 0 Å². The summed E-state index contributed by atoms with van der Waals surface area (Å²) >= 11 is 0. The van der Waals surface area contributed by atoms with Gasteiger partial charge in [0.1, 0.15) is 11.2 Å². The van der Waals surface area contributed by atoms with Crippen LogP contribution in [0, 0.1) is 0 Å². The summed E-state index contributed by atoms with van der Waals surface area (Å²) in [5.74, 6) is 0. The van der Waals surface area contributed by atoms with Crippen LogP contribution in [0.1, 0.15) is 99.9 Å². The highest BCUT2D eigenvalue weighted by atomic mass is 16.3. The van der Waals surface area contributed by atoms with Crippen molar-refractivity contribution in [2.24, 2.45) is 0 Å². The van der Waals surface area contributed by atoms with E-state index >= 15 is 0 Å². The first-order chi connectivity index (χ1) is 32.7. The Hall–Kier alpha value is -7.42. The fourth-order valence-electron chi connectivity index (χ4n) is 12.5. The number of hydrogen-bond donors (Lipinski definition) is 0. The molecular weight excluding hydrogens is 823 g/mol. The average Bonchev–Trinajstić information content (AvgIpc) is 4.03. The van der Waals surface area contributed by atoms with Crippen LogP contribution in [-0.4, -0.2) is 0 Å². The summed E-state index contributed by atoms with van der Waals surface area (Å²) < 4.78 is 6.60. The van der Waals surface area contributed by atoms with Crippen molar-refractivity contribution >= 4 is 39.0 Å². The number of furan rings is 1. The fraction of sp³-hybridized carbons (Fsp3) is 0.182. The predicted octanol–water partition coefficient (Wildman–Crippen LogP) is 18.0. The first-order valence-electron chi connectivity index (χ1n) is 24.3. The van der Waals surface area contributed by atoms with Crippen LogP contribution in [0.3, 0.4) is 0 Å². The van der Waals surface area contributed by atoms with E-state index in [0.717, 1.165) is 39.0 Å². The number of nitrogens with zero attached hydrogens (tertiary/aromatic N) is 1. The second-order valence-corrected chi connectivity index (χ2v) is 22.1. The molecule has 2 nitrogen and oxygen atoms in total. The molecule has 330 valence electrons. The average molecular weight is 878 g/mol. The molecule has 0 bridgehead atoms. The van der Waals surface area contributed by atoms with Gasteiger partial charge in [-0.1, -0.05) is 201 Å². The lowest BCUT2D eigenvalue weighted by atomic mass is 9.68. The normalized spacial score (nSPS) is 14.7. The zero-order chi connectivity index (χ0) is 46.5. The minimum absolute atomic E-state index is 0.0288. The van der Waals surface area contributed by atoms with Crippen LogP contribution in [0.25, 0.3) is 66.4 Å². The Balaban J connectivity index is 1.07. The number of benzene rings is 9.